The smallest absolute Gasteiger partial charge is 0.236 e. The monoisotopic (exact) mass is 338 g/mol. The van der Waals surface area contributed by atoms with Crippen LogP contribution in [0, 0.1) is 11.7 Å². The molecule has 5 heteroatoms. The molecule has 0 spiro atoms. The average molecular weight is 339 g/mol. The molecule has 23 heavy (non-hydrogen) atoms. The van der Waals surface area contributed by atoms with Crippen molar-refractivity contribution >= 4 is 17.5 Å². The van der Waals surface area contributed by atoms with Gasteiger partial charge in [-0.1, -0.05) is 24.6 Å². The van der Waals surface area contributed by atoms with Crippen molar-refractivity contribution in [2.24, 2.45) is 5.92 Å². The molecular formula is C18H24ClFN2O. The summed E-state index contributed by atoms with van der Waals surface area (Å²) in [5, 5.41) is 0.440. The van der Waals surface area contributed by atoms with Crippen molar-refractivity contribution in [2.75, 3.05) is 19.6 Å². The van der Waals surface area contributed by atoms with Crippen LogP contribution in [0.3, 0.4) is 0 Å². The summed E-state index contributed by atoms with van der Waals surface area (Å²) in [6.07, 6.45) is 4.31. The normalized spacial score (nSPS) is 19.4. The summed E-state index contributed by atoms with van der Waals surface area (Å²) in [7, 11) is 0. The van der Waals surface area contributed by atoms with Crippen LogP contribution in [0.15, 0.2) is 18.2 Å². The van der Waals surface area contributed by atoms with Crippen LogP contribution in [0.4, 0.5) is 4.39 Å². The first-order chi connectivity index (χ1) is 11.0. The number of likely N-dealkylation sites (tertiary alicyclic amines) is 1. The molecule has 0 radical (unpaired) electrons. The molecule has 0 unspecified atom stereocenters. The van der Waals surface area contributed by atoms with Crippen LogP contribution >= 0.6 is 11.6 Å². The maximum atomic E-state index is 14.0. The molecule has 1 aromatic carbocycles. The lowest BCUT2D eigenvalue weighted by Gasteiger charge is -2.32. The van der Waals surface area contributed by atoms with Crippen LogP contribution in [0.1, 0.15) is 38.2 Å². The van der Waals surface area contributed by atoms with E-state index >= 15 is 0 Å². The first-order valence-corrected chi connectivity index (χ1v) is 8.87. The van der Waals surface area contributed by atoms with Crippen molar-refractivity contribution in [1.82, 2.24) is 9.80 Å². The van der Waals surface area contributed by atoms with E-state index in [4.69, 9.17) is 11.6 Å². The van der Waals surface area contributed by atoms with E-state index in [1.165, 1.54) is 6.07 Å². The Hall–Kier alpha value is -1.13. The third-order valence-electron chi connectivity index (χ3n) is 4.96. The number of halogens is 2. The molecular weight excluding hydrogens is 315 g/mol. The van der Waals surface area contributed by atoms with Crippen LogP contribution in [-0.2, 0) is 11.3 Å². The molecule has 0 aromatic heterocycles. The van der Waals surface area contributed by atoms with Crippen LogP contribution in [0.5, 0.6) is 0 Å². The number of carbonyl (C=O) groups excluding carboxylic acids is 1. The second-order valence-corrected chi connectivity index (χ2v) is 7.31. The highest BCUT2D eigenvalue weighted by molar-refractivity contribution is 6.31. The molecule has 2 fully saturated rings. The van der Waals surface area contributed by atoms with Crippen molar-refractivity contribution in [1.29, 1.82) is 0 Å². The topological polar surface area (TPSA) is 23.6 Å². The first kappa shape index (κ1) is 16.7. The highest BCUT2D eigenvalue weighted by atomic mass is 35.5. The summed E-state index contributed by atoms with van der Waals surface area (Å²) in [6.45, 7) is 4.70. The Morgan fingerprint density at radius 3 is 2.61 bits per heavy atom. The molecule has 1 saturated carbocycles. The number of hydrogen-bond acceptors (Lipinski definition) is 2. The molecule has 3 nitrogen and oxygen atoms in total. The van der Waals surface area contributed by atoms with Crippen molar-refractivity contribution in [3.05, 3.63) is 34.6 Å². The SMILES string of the molecule is CC1CCN(C(=O)CN(Cc2c(F)cccc2Cl)C2CC2)CC1. The Bertz CT molecular complexity index is 548. The number of rotatable bonds is 5. The maximum Gasteiger partial charge on any atom is 0.236 e. The summed E-state index contributed by atoms with van der Waals surface area (Å²) in [5.41, 5.74) is 0.501. The van der Waals surface area contributed by atoms with Gasteiger partial charge in [-0.25, -0.2) is 4.39 Å². The van der Waals surface area contributed by atoms with Gasteiger partial charge in [-0.3, -0.25) is 9.69 Å². The predicted molar refractivity (Wildman–Crippen MR) is 89.8 cm³/mol. The minimum atomic E-state index is -0.289. The fourth-order valence-corrected chi connectivity index (χ4v) is 3.39. The van der Waals surface area contributed by atoms with Gasteiger partial charge < -0.3 is 4.90 Å². The zero-order valence-corrected chi connectivity index (χ0v) is 14.4. The molecule has 126 valence electrons. The lowest BCUT2D eigenvalue weighted by atomic mass is 9.99. The van der Waals surface area contributed by atoms with E-state index in [0.717, 1.165) is 38.8 Å². The van der Waals surface area contributed by atoms with Crippen LogP contribution in [-0.4, -0.2) is 41.4 Å². The van der Waals surface area contributed by atoms with E-state index in [9.17, 15) is 9.18 Å². The largest absolute Gasteiger partial charge is 0.342 e. The van der Waals surface area contributed by atoms with Gasteiger partial charge in [0.25, 0.3) is 0 Å². The Morgan fingerprint density at radius 2 is 2.00 bits per heavy atom. The van der Waals surface area contributed by atoms with Crippen molar-refractivity contribution in [3.8, 4) is 0 Å². The van der Waals surface area contributed by atoms with Gasteiger partial charge in [0.1, 0.15) is 5.82 Å². The van der Waals surface area contributed by atoms with Gasteiger partial charge >= 0.3 is 0 Å². The molecule has 1 aliphatic heterocycles. The van der Waals surface area contributed by atoms with E-state index in [1.54, 1.807) is 12.1 Å². The molecule has 1 heterocycles. The quantitative estimate of drug-likeness (QED) is 0.817. The van der Waals surface area contributed by atoms with Crippen molar-refractivity contribution < 1.29 is 9.18 Å². The molecule has 1 aromatic rings. The van der Waals surface area contributed by atoms with Crippen molar-refractivity contribution in [3.63, 3.8) is 0 Å². The van der Waals surface area contributed by atoms with Gasteiger partial charge in [-0.05, 0) is 43.7 Å². The van der Waals surface area contributed by atoms with E-state index in [0.29, 0.717) is 35.6 Å². The van der Waals surface area contributed by atoms with Crippen molar-refractivity contribution in [2.45, 2.75) is 45.2 Å². The zero-order valence-electron chi connectivity index (χ0n) is 13.6. The molecule has 0 N–H and O–H groups in total. The number of benzene rings is 1. The van der Waals surface area contributed by atoms with E-state index in [1.807, 2.05) is 4.90 Å². The summed E-state index contributed by atoms with van der Waals surface area (Å²) >= 11 is 6.14. The lowest BCUT2D eigenvalue weighted by molar-refractivity contribution is -0.134. The molecule has 3 rings (SSSR count). The van der Waals surface area contributed by atoms with Gasteiger partial charge in [0, 0.05) is 36.3 Å². The van der Waals surface area contributed by atoms with Gasteiger partial charge in [-0.2, -0.15) is 0 Å². The van der Waals surface area contributed by atoms with Gasteiger partial charge in [-0.15, -0.1) is 0 Å². The maximum absolute atomic E-state index is 14.0. The zero-order chi connectivity index (χ0) is 16.4. The standard InChI is InChI=1S/C18H24ClFN2O/c1-13-7-9-21(10-8-13)18(23)12-22(14-5-6-14)11-15-16(19)3-2-4-17(15)20/h2-4,13-14H,5-12H2,1H3. The molecule has 0 bridgehead atoms. The Balaban J connectivity index is 1.64. The Morgan fingerprint density at radius 1 is 1.30 bits per heavy atom. The lowest BCUT2D eigenvalue weighted by Crippen LogP contribution is -2.44. The highest BCUT2D eigenvalue weighted by Gasteiger charge is 2.32. The number of nitrogens with zero attached hydrogens (tertiary/aromatic N) is 2. The fraction of sp³-hybridized carbons (Fsp3) is 0.611. The summed E-state index contributed by atoms with van der Waals surface area (Å²) < 4.78 is 14.0. The highest BCUT2D eigenvalue weighted by Crippen LogP contribution is 2.30. The Kier molecular flexibility index (Phi) is 5.22. The molecule has 1 aliphatic carbocycles. The van der Waals surface area contributed by atoms with Gasteiger partial charge in [0.05, 0.1) is 6.54 Å². The Labute approximate surface area is 142 Å². The molecule has 1 saturated heterocycles. The molecule has 0 atom stereocenters. The fourth-order valence-electron chi connectivity index (χ4n) is 3.17. The average Bonchev–Trinajstić information content (AvgIpc) is 3.35. The van der Waals surface area contributed by atoms with Crippen LogP contribution in [0.2, 0.25) is 5.02 Å². The molecule has 2 aliphatic rings. The summed E-state index contributed by atoms with van der Waals surface area (Å²) in [5.74, 6) is 0.578. The minimum Gasteiger partial charge on any atom is -0.342 e. The van der Waals surface area contributed by atoms with Gasteiger partial charge in [0.15, 0.2) is 0 Å². The summed E-state index contributed by atoms with van der Waals surface area (Å²) in [4.78, 5) is 16.6. The van der Waals surface area contributed by atoms with Gasteiger partial charge in [0.2, 0.25) is 5.91 Å². The minimum absolute atomic E-state index is 0.163. The van der Waals surface area contributed by atoms with Crippen LogP contribution in [0.25, 0.3) is 0 Å². The first-order valence-electron chi connectivity index (χ1n) is 8.49. The third kappa shape index (κ3) is 4.24. The van der Waals surface area contributed by atoms with E-state index in [-0.39, 0.29) is 11.7 Å². The predicted octanol–water partition coefficient (Wildman–Crippen LogP) is 3.70. The number of piperidine rings is 1. The second kappa shape index (κ2) is 7.18. The number of hydrogen-bond donors (Lipinski definition) is 0. The number of amides is 1. The second-order valence-electron chi connectivity index (χ2n) is 6.90. The van der Waals surface area contributed by atoms with E-state index in [2.05, 4.69) is 11.8 Å². The number of carbonyl (C=O) groups is 1. The summed E-state index contributed by atoms with van der Waals surface area (Å²) in [6, 6.07) is 5.14. The third-order valence-corrected chi connectivity index (χ3v) is 5.31. The molecule has 1 amide bonds. The van der Waals surface area contributed by atoms with E-state index < -0.39 is 0 Å². The van der Waals surface area contributed by atoms with Crippen LogP contribution < -0.4 is 0 Å².